The van der Waals surface area contributed by atoms with Gasteiger partial charge in [0.25, 0.3) is 5.91 Å². The van der Waals surface area contributed by atoms with E-state index in [1.54, 1.807) is 4.90 Å². The molecule has 1 saturated heterocycles. The molecular weight excluding hydrogens is 322 g/mol. The molecule has 5 heteroatoms. The zero-order valence-electron chi connectivity index (χ0n) is 13.8. The number of anilines is 1. The molecule has 2 aromatic rings. The van der Waals surface area contributed by atoms with Crippen LogP contribution in [0, 0.1) is 6.92 Å². The van der Waals surface area contributed by atoms with Crippen LogP contribution in [0.2, 0.25) is 5.02 Å². The number of carbonyl (C=O) groups is 1. The molecule has 2 N–H and O–H groups in total. The van der Waals surface area contributed by atoms with Crippen molar-refractivity contribution in [3.05, 3.63) is 63.7 Å². The van der Waals surface area contributed by atoms with E-state index in [2.05, 4.69) is 29.7 Å². The van der Waals surface area contributed by atoms with E-state index in [0.29, 0.717) is 6.54 Å². The van der Waals surface area contributed by atoms with Crippen molar-refractivity contribution in [1.82, 2.24) is 10.2 Å². The zero-order valence-corrected chi connectivity index (χ0v) is 14.6. The highest BCUT2D eigenvalue weighted by Gasteiger charge is 2.40. The smallest absolute Gasteiger partial charge is 0.254 e. The van der Waals surface area contributed by atoms with E-state index in [0.717, 1.165) is 40.5 Å². The monoisotopic (exact) mass is 341 g/mol. The molecule has 2 aliphatic heterocycles. The maximum atomic E-state index is 12.2. The maximum absolute atomic E-state index is 12.2. The summed E-state index contributed by atoms with van der Waals surface area (Å²) in [7, 11) is 1.84. The van der Waals surface area contributed by atoms with Gasteiger partial charge in [0, 0.05) is 43.0 Å². The number of carbonyl (C=O) groups excluding carboxylic acids is 1. The molecule has 0 unspecified atom stereocenters. The molecule has 0 bridgehead atoms. The first-order chi connectivity index (χ1) is 11.5. The summed E-state index contributed by atoms with van der Waals surface area (Å²) in [6.07, 6.45) is 0. The van der Waals surface area contributed by atoms with Gasteiger partial charge in [0.2, 0.25) is 0 Å². The summed E-state index contributed by atoms with van der Waals surface area (Å²) in [5.74, 6) is 0.0911. The number of benzene rings is 2. The van der Waals surface area contributed by atoms with Gasteiger partial charge in [-0.2, -0.15) is 0 Å². The summed E-state index contributed by atoms with van der Waals surface area (Å²) >= 11 is 6.32. The molecule has 124 valence electrons. The van der Waals surface area contributed by atoms with Gasteiger partial charge in [0.1, 0.15) is 0 Å². The largest absolute Gasteiger partial charge is 0.373 e. The minimum Gasteiger partial charge on any atom is -0.373 e. The normalized spacial score (nSPS) is 18.3. The van der Waals surface area contributed by atoms with Crippen LogP contribution in [0.4, 0.5) is 5.69 Å². The molecule has 0 aromatic heterocycles. The van der Waals surface area contributed by atoms with Crippen LogP contribution in [0.15, 0.2) is 36.4 Å². The number of halogens is 1. The third-order valence-corrected chi connectivity index (χ3v) is 5.52. The molecule has 4 nitrogen and oxygen atoms in total. The number of amides is 1. The second-order valence-corrected chi connectivity index (χ2v) is 7.16. The van der Waals surface area contributed by atoms with Gasteiger partial charge >= 0.3 is 0 Å². The third kappa shape index (κ3) is 2.29. The Balaban J connectivity index is 1.69. The molecule has 24 heavy (non-hydrogen) atoms. The number of nitrogens with zero attached hydrogens (tertiary/aromatic N) is 1. The Morgan fingerprint density at radius 3 is 2.75 bits per heavy atom. The van der Waals surface area contributed by atoms with Crippen LogP contribution in [0.25, 0.3) is 0 Å². The SMILES string of the molecule is Cc1c(Cl)cccc1C1(Nc2ccc3c(c2)C(=O)N(C)C3)CNC1. The van der Waals surface area contributed by atoms with E-state index < -0.39 is 0 Å². The van der Waals surface area contributed by atoms with E-state index >= 15 is 0 Å². The second-order valence-electron chi connectivity index (χ2n) is 6.76. The summed E-state index contributed by atoms with van der Waals surface area (Å²) in [5.41, 5.74) is 4.98. The Labute approximate surface area is 146 Å². The predicted octanol–water partition coefficient (Wildman–Crippen LogP) is 3.14. The molecule has 2 aromatic carbocycles. The number of rotatable bonds is 3. The van der Waals surface area contributed by atoms with Crippen LogP contribution >= 0.6 is 11.6 Å². The lowest BCUT2D eigenvalue weighted by atomic mass is 9.81. The molecule has 2 aliphatic rings. The van der Waals surface area contributed by atoms with E-state index in [1.165, 1.54) is 5.56 Å². The molecule has 1 fully saturated rings. The van der Waals surface area contributed by atoms with Crippen LogP contribution in [-0.4, -0.2) is 30.9 Å². The van der Waals surface area contributed by atoms with Gasteiger partial charge in [-0.3, -0.25) is 4.79 Å². The van der Waals surface area contributed by atoms with E-state index in [9.17, 15) is 4.79 Å². The van der Waals surface area contributed by atoms with E-state index in [4.69, 9.17) is 11.6 Å². The summed E-state index contributed by atoms with van der Waals surface area (Å²) in [6, 6.07) is 12.1. The lowest BCUT2D eigenvalue weighted by Crippen LogP contribution is -2.61. The van der Waals surface area contributed by atoms with Crippen molar-refractivity contribution < 1.29 is 4.79 Å². The Kier molecular flexibility index (Phi) is 3.55. The van der Waals surface area contributed by atoms with Crippen LogP contribution < -0.4 is 10.6 Å². The first kappa shape index (κ1) is 15.5. The summed E-state index contributed by atoms with van der Waals surface area (Å²) in [4.78, 5) is 14.0. The van der Waals surface area contributed by atoms with Crippen LogP contribution in [0.5, 0.6) is 0 Å². The third-order valence-electron chi connectivity index (χ3n) is 5.11. The van der Waals surface area contributed by atoms with Gasteiger partial charge in [-0.1, -0.05) is 29.8 Å². The Morgan fingerprint density at radius 2 is 2.04 bits per heavy atom. The minimum atomic E-state index is -0.184. The summed E-state index contributed by atoms with van der Waals surface area (Å²) in [5, 5.41) is 7.79. The average molecular weight is 342 g/mol. The zero-order chi connectivity index (χ0) is 16.9. The molecule has 0 atom stereocenters. The van der Waals surface area contributed by atoms with Crippen molar-refractivity contribution in [2.75, 3.05) is 25.5 Å². The fourth-order valence-electron chi connectivity index (χ4n) is 3.65. The Hall–Kier alpha value is -2.04. The molecule has 0 radical (unpaired) electrons. The first-order valence-corrected chi connectivity index (χ1v) is 8.51. The van der Waals surface area contributed by atoms with Crippen molar-refractivity contribution in [2.45, 2.75) is 19.0 Å². The maximum Gasteiger partial charge on any atom is 0.254 e. The van der Waals surface area contributed by atoms with Crippen LogP contribution in [0.1, 0.15) is 27.0 Å². The molecule has 0 aliphatic carbocycles. The second kappa shape index (κ2) is 5.50. The fourth-order valence-corrected chi connectivity index (χ4v) is 3.82. The van der Waals surface area contributed by atoms with Crippen LogP contribution in [0.3, 0.4) is 0 Å². The van der Waals surface area contributed by atoms with Crippen molar-refractivity contribution in [3.63, 3.8) is 0 Å². The number of nitrogens with one attached hydrogen (secondary N) is 2. The molecule has 4 rings (SSSR count). The fraction of sp³-hybridized carbons (Fsp3) is 0.316. The average Bonchev–Trinajstić information content (AvgIpc) is 2.81. The van der Waals surface area contributed by atoms with E-state index in [-0.39, 0.29) is 11.4 Å². The lowest BCUT2D eigenvalue weighted by molar-refractivity contribution is 0.0816. The first-order valence-electron chi connectivity index (χ1n) is 8.13. The summed E-state index contributed by atoms with van der Waals surface area (Å²) in [6.45, 7) is 4.41. The van der Waals surface area contributed by atoms with Gasteiger partial charge in [-0.05, 0) is 41.8 Å². The molecule has 0 spiro atoms. The molecular formula is C19H20ClN3O. The Bertz CT molecular complexity index is 829. The quantitative estimate of drug-likeness (QED) is 0.901. The topological polar surface area (TPSA) is 44.4 Å². The number of fused-ring (bicyclic) bond motifs is 1. The highest BCUT2D eigenvalue weighted by Crippen LogP contribution is 2.36. The van der Waals surface area contributed by atoms with Crippen molar-refractivity contribution in [3.8, 4) is 0 Å². The standard InChI is InChI=1S/C19H20ClN3O/c1-12-16(4-3-5-17(12)20)19(10-21-11-19)22-14-7-6-13-9-23(2)18(24)15(13)8-14/h3-8,21-22H,9-11H2,1-2H3. The van der Waals surface area contributed by atoms with Crippen molar-refractivity contribution in [2.24, 2.45) is 0 Å². The molecule has 0 saturated carbocycles. The highest BCUT2D eigenvalue weighted by atomic mass is 35.5. The summed E-state index contributed by atoms with van der Waals surface area (Å²) < 4.78 is 0. The number of hydrogen-bond donors (Lipinski definition) is 2. The van der Waals surface area contributed by atoms with Gasteiger partial charge in [-0.25, -0.2) is 0 Å². The lowest BCUT2D eigenvalue weighted by Gasteiger charge is -2.45. The van der Waals surface area contributed by atoms with Crippen LogP contribution in [-0.2, 0) is 12.1 Å². The minimum absolute atomic E-state index is 0.0911. The van der Waals surface area contributed by atoms with Gasteiger partial charge < -0.3 is 15.5 Å². The van der Waals surface area contributed by atoms with Gasteiger partial charge in [0.05, 0.1) is 5.54 Å². The number of hydrogen-bond acceptors (Lipinski definition) is 3. The Morgan fingerprint density at radius 1 is 1.25 bits per heavy atom. The van der Waals surface area contributed by atoms with Gasteiger partial charge in [-0.15, -0.1) is 0 Å². The van der Waals surface area contributed by atoms with E-state index in [1.807, 2.05) is 31.3 Å². The molecule has 2 heterocycles. The van der Waals surface area contributed by atoms with Crippen molar-refractivity contribution >= 4 is 23.2 Å². The molecule has 1 amide bonds. The van der Waals surface area contributed by atoms with Crippen molar-refractivity contribution in [1.29, 1.82) is 0 Å². The van der Waals surface area contributed by atoms with Gasteiger partial charge in [0.15, 0.2) is 0 Å². The highest BCUT2D eigenvalue weighted by molar-refractivity contribution is 6.31. The predicted molar refractivity (Wildman–Crippen MR) is 96.6 cm³/mol.